The molecule has 1 fully saturated rings. The van der Waals surface area contributed by atoms with Gasteiger partial charge in [-0.1, -0.05) is 17.3 Å². The zero-order chi connectivity index (χ0) is 30.0. The molecule has 0 aliphatic carbocycles. The number of aryl methyl sites for hydroxylation is 2. The number of aromatic nitrogens is 6. The number of nitrogens with zero attached hydrogens (tertiary/aromatic N) is 6. The average Bonchev–Trinajstić information content (AvgIpc) is 3.48. The van der Waals surface area contributed by atoms with Crippen LogP contribution in [0.15, 0.2) is 42.7 Å². The van der Waals surface area contributed by atoms with E-state index in [4.69, 9.17) is 8.85 Å². The second-order valence-electron chi connectivity index (χ2n) is 10.5. The number of hydrogen-bond donors (Lipinski definition) is 1. The van der Waals surface area contributed by atoms with Gasteiger partial charge in [-0.15, -0.1) is 5.10 Å². The number of benzene rings is 1. The summed E-state index contributed by atoms with van der Waals surface area (Å²) in [6.07, 6.45) is 4.17. The molecule has 5 aromatic rings. The molecule has 39 heavy (non-hydrogen) atoms. The van der Waals surface area contributed by atoms with E-state index in [1.54, 1.807) is 23.7 Å². The first-order valence-electron chi connectivity index (χ1n) is 14.3. The molecule has 0 saturated carbocycles. The summed E-state index contributed by atoms with van der Waals surface area (Å²) in [5.41, 5.74) is 0.209. The minimum Gasteiger partial charge on any atom is -0.386 e. The molecule has 5 heterocycles. The van der Waals surface area contributed by atoms with Crippen molar-refractivity contribution >= 4 is 21.9 Å². The van der Waals surface area contributed by atoms with Crippen molar-refractivity contribution in [2.24, 2.45) is 13.0 Å². The third-order valence-corrected chi connectivity index (χ3v) is 7.56. The van der Waals surface area contributed by atoms with Crippen molar-refractivity contribution in [2.75, 3.05) is 13.2 Å². The second-order valence-corrected chi connectivity index (χ2v) is 10.5. The Morgan fingerprint density at radius 2 is 1.97 bits per heavy atom. The molecule has 4 aromatic heterocycles. The molecule has 6 rings (SSSR count). The number of pyridine rings is 2. The topological polar surface area (TPSA) is 90.9 Å². The summed E-state index contributed by atoms with van der Waals surface area (Å²) < 4.78 is 64.8. The van der Waals surface area contributed by atoms with Crippen LogP contribution in [0.2, 0.25) is 0 Å². The molecule has 0 bridgehead atoms. The number of aliphatic hydroxyl groups is 1. The summed E-state index contributed by atoms with van der Waals surface area (Å²) in [4.78, 5) is 9.12. The van der Waals surface area contributed by atoms with Gasteiger partial charge in [-0.3, -0.25) is 9.97 Å². The van der Waals surface area contributed by atoms with Crippen LogP contribution >= 0.6 is 0 Å². The van der Waals surface area contributed by atoms with Crippen molar-refractivity contribution in [3.8, 4) is 11.3 Å². The molecular weight excluding hydrogens is 502 g/mol. The first-order chi connectivity index (χ1) is 19.9. The van der Waals surface area contributed by atoms with Gasteiger partial charge in [-0.05, 0) is 57.7 Å². The van der Waals surface area contributed by atoms with Gasteiger partial charge in [0.05, 0.1) is 45.3 Å². The Morgan fingerprint density at radius 1 is 1.18 bits per heavy atom. The molecule has 8 nitrogen and oxygen atoms in total. The Labute approximate surface area is 228 Å². The predicted molar refractivity (Wildman–Crippen MR) is 143 cm³/mol. The summed E-state index contributed by atoms with van der Waals surface area (Å²) in [5, 5.41) is 19.1. The van der Waals surface area contributed by atoms with Crippen molar-refractivity contribution < 1.29 is 22.7 Å². The molecule has 10 heteroatoms. The highest BCUT2D eigenvalue weighted by molar-refractivity contribution is 6.07. The molecular formula is C29H30F2N6O2. The number of hydrogen-bond acceptors (Lipinski definition) is 6. The van der Waals surface area contributed by atoms with Gasteiger partial charge in [0.2, 0.25) is 0 Å². The summed E-state index contributed by atoms with van der Waals surface area (Å²) in [7, 11) is 1.58. The lowest BCUT2D eigenvalue weighted by molar-refractivity contribution is 0.0542. The van der Waals surface area contributed by atoms with Gasteiger partial charge in [0.25, 0.3) is 0 Å². The van der Waals surface area contributed by atoms with Gasteiger partial charge in [0.15, 0.2) is 5.82 Å². The van der Waals surface area contributed by atoms with E-state index in [-0.39, 0.29) is 34.1 Å². The minimum atomic E-state index is -2.54. The maximum absolute atomic E-state index is 16.6. The van der Waals surface area contributed by atoms with Crippen molar-refractivity contribution in [2.45, 2.75) is 45.2 Å². The van der Waals surface area contributed by atoms with Gasteiger partial charge < -0.3 is 14.4 Å². The van der Waals surface area contributed by atoms with E-state index in [0.717, 1.165) is 0 Å². The number of ether oxygens (including phenoxy) is 1. The van der Waals surface area contributed by atoms with Crippen LogP contribution in [-0.4, -0.2) is 47.8 Å². The molecule has 1 aromatic carbocycles. The normalized spacial score (nSPS) is 17.3. The summed E-state index contributed by atoms with van der Waals surface area (Å²) in [5.74, 6) is -1.36. The van der Waals surface area contributed by atoms with Crippen molar-refractivity contribution in [3.63, 3.8) is 0 Å². The fraction of sp³-hybridized carbons (Fsp3) is 0.379. The van der Waals surface area contributed by atoms with E-state index in [0.29, 0.717) is 48.0 Å². The number of halogens is 2. The predicted octanol–water partition coefficient (Wildman–Crippen LogP) is 5.21. The molecule has 1 aliphatic heterocycles. The van der Waals surface area contributed by atoms with Gasteiger partial charge in [-0.2, -0.15) is 0 Å². The number of fused-ring (bicyclic) bond motifs is 3. The highest BCUT2D eigenvalue weighted by atomic mass is 19.1. The molecule has 202 valence electrons. The van der Waals surface area contributed by atoms with E-state index >= 15 is 8.78 Å². The highest BCUT2D eigenvalue weighted by Crippen LogP contribution is 2.43. The Morgan fingerprint density at radius 3 is 2.69 bits per heavy atom. The van der Waals surface area contributed by atoms with Crippen molar-refractivity contribution in [1.29, 1.82) is 0 Å². The largest absolute Gasteiger partial charge is 0.386 e. The van der Waals surface area contributed by atoms with Crippen LogP contribution < -0.4 is 0 Å². The van der Waals surface area contributed by atoms with Gasteiger partial charge >= 0.3 is 0 Å². The van der Waals surface area contributed by atoms with Crippen LogP contribution in [0.5, 0.6) is 0 Å². The standard InChI is InChI=1S/C29H30F2N6O2/c1-16-26(36(4)35-34-16)18-14-22-24(33-15-18)19-7-8-20(29(2,3)38)23(31)28(19)37(22)27(17-9-12-39-13-10-17)25-21(30)6-5-11-32-25/h5-8,11,14-15,17,27,38H,9-10,12-13H2,1-4H3/i1D3. The first kappa shape index (κ1) is 22.1. The summed E-state index contributed by atoms with van der Waals surface area (Å²) >= 11 is 0. The Kier molecular flexibility index (Phi) is 5.36. The lowest BCUT2D eigenvalue weighted by atomic mass is 9.88. The Balaban J connectivity index is 1.74. The molecule has 1 atom stereocenters. The van der Waals surface area contributed by atoms with E-state index in [1.165, 1.54) is 49.1 Å². The summed E-state index contributed by atoms with van der Waals surface area (Å²) in [6, 6.07) is 7.02. The molecule has 1 aliphatic rings. The smallest absolute Gasteiger partial charge is 0.153 e. The first-order valence-corrected chi connectivity index (χ1v) is 12.8. The lowest BCUT2D eigenvalue weighted by Crippen LogP contribution is -2.28. The van der Waals surface area contributed by atoms with Gasteiger partial charge in [0.1, 0.15) is 5.82 Å². The molecule has 0 radical (unpaired) electrons. The van der Waals surface area contributed by atoms with E-state index < -0.39 is 30.1 Å². The molecule has 1 N–H and O–H groups in total. The Bertz CT molecular complexity index is 1810. The lowest BCUT2D eigenvalue weighted by Gasteiger charge is -2.32. The molecule has 1 saturated heterocycles. The van der Waals surface area contributed by atoms with Crippen molar-refractivity contribution in [1.82, 2.24) is 29.5 Å². The molecule has 1 unspecified atom stereocenters. The van der Waals surface area contributed by atoms with Crippen LogP contribution in [0.4, 0.5) is 8.78 Å². The van der Waals surface area contributed by atoms with Crippen LogP contribution in [-0.2, 0) is 17.4 Å². The minimum absolute atomic E-state index is 0.0759. The van der Waals surface area contributed by atoms with Crippen LogP contribution in [0.25, 0.3) is 33.2 Å². The SMILES string of the molecule is [2H]C([2H])([2H])c1nnn(C)c1-c1cnc2c3ccc(C(C)(C)O)c(F)c3n(C(c3ncccc3F)C3CCOCC3)c2c1. The summed E-state index contributed by atoms with van der Waals surface area (Å²) in [6.45, 7) is 1.37. The maximum atomic E-state index is 16.6. The maximum Gasteiger partial charge on any atom is 0.153 e. The Hall–Kier alpha value is -3.76. The molecule has 0 amide bonds. The van der Waals surface area contributed by atoms with Crippen LogP contribution in [0, 0.1) is 24.4 Å². The zero-order valence-corrected chi connectivity index (χ0v) is 21.8. The number of rotatable bonds is 5. The quantitative estimate of drug-likeness (QED) is 0.332. The monoisotopic (exact) mass is 535 g/mol. The van der Waals surface area contributed by atoms with Gasteiger partial charge in [-0.25, -0.2) is 13.5 Å². The fourth-order valence-electron chi connectivity index (χ4n) is 5.73. The third kappa shape index (κ3) is 4.18. The second kappa shape index (κ2) is 9.46. The van der Waals surface area contributed by atoms with E-state index in [2.05, 4.69) is 20.3 Å². The fourth-order valence-corrected chi connectivity index (χ4v) is 5.73. The third-order valence-electron chi connectivity index (χ3n) is 7.56. The van der Waals surface area contributed by atoms with E-state index in [9.17, 15) is 5.11 Å². The zero-order valence-electron chi connectivity index (χ0n) is 24.8. The van der Waals surface area contributed by atoms with Crippen LogP contribution in [0.1, 0.15) is 53.8 Å². The van der Waals surface area contributed by atoms with Gasteiger partial charge in [0, 0.05) is 53.3 Å². The van der Waals surface area contributed by atoms with E-state index in [1.807, 2.05) is 0 Å². The highest BCUT2D eigenvalue weighted by Gasteiger charge is 2.35. The molecule has 0 spiro atoms. The van der Waals surface area contributed by atoms with Crippen molar-refractivity contribution in [3.05, 3.63) is 71.3 Å². The average molecular weight is 536 g/mol. The van der Waals surface area contributed by atoms with Crippen LogP contribution in [0.3, 0.4) is 0 Å².